The van der Waals surface area contributed by atoms with Crippen LogP contribution < -0.4 is 5.32 Å². The van der Waals surface area contributed by atoms with Crippen molar-refractivity contribution >= 4 is 16.9 Å². The largest absolute Gasteiger partial charge is 0.463 e. The molecule has 96 valence electrons. The zero-order valence-corrected chi connectivity index (χ0v) is 10.4. The molecule has 0 saturated carbocycles. The number of nitrogens with one attached hydrogen (secondary N) is 2. The van der Waals surface area contributed by atoms with Gasteiger partial charge in [0.15, 0.2) is 0 Å². The lowest BCUT2D eigenvalue weighted by molar-refractivity contribution is 0.0940. The highest BCUT2D eigenvalue weighted by atomic mass is 16.3. The van der Waals surface area contributed by atoms with Crippen molar-refractivity contribution in [1.29, 1.82) is 0 Å². The average molecular weight is 255 g/mol. The van der Waals surface area contributed by atoms with Crippen molar-refractivity contribution in [3.63, 3.8) is 0 Å². The molecular weight excluding hydrogens is 242 g/mol. The van der Waals surface area contributed by atoms with Crippen LogP contribution in [0.15, 0.2) is 47.3 Å². The molecule has 1 aromatic carbocycles. The number of nitrogens with zero attached hydrogens (tertiary/aromatic N) is 1. The van der Waals surface area contributed by atoms with Gasteiger partial charge in [-0.2, -0.15) is 5.10 Å². The van der Waals surface area contributed by atoms with Crippen LogP contribution in [0, 0.1) is 0 Å². The van der Waals surface area contributed by atoms with Crippen molar-refractivity contribution in [1.82, 2.24) is 15.5 Å². The van der Waals surface area contributed by atoms with E-state index in [2.05, 4.69) is 15.5 Å². The topological polar surface area (TPSA) is 70.9 Å². The number of hydrogen-bond acceptors (Lipinski definition) is 3. The smallest absolute Gasteiger partial charge is 0.255 e. The quantitative estimate of drug-likeness (QED) is 0.755. The summed E-state index contributed by atoms with van der Waals surface area (Å²) in [5.41, 5.74) is 2.19. The van der Waals surface area contributed by atoms with Crippen LogP contribution in [0.4, 0.5) is 0 Å². The molecule has 0 aliphatic carbocycles. The second-order valence-corrected chi connectivity index (χ2v) is 4.37. The van der Waals surface area contributed by atoms with E-state index in [1.807, 2.05) is 31.2 Å². The molecule has 5 heteroatoms. The number of fused-ring (bicyclic) bond motifs is 1. The predicted octanol–water partition coefficient (Wildman–Crippen LogP) is 2.65. The van der Waals surface area contributed by atoms with Gasteiger partial charge in [-0.1, -0.05) is 18.2 Å². The predicted molar refractivity (Wildman–Crippen MR) is 70.7 cm³/mol. The van der Waals surface area contributed by atoms with E-state index in [1.54, 1.807) is 12.4 Å². The normalized spacial score (nSPS) is 12.5. The van der Waals surface area contributed by atoms with Crippen molar-refractivity contribution in [3.05, 3.63) is 54.0 Å². The lowest BCUT2D eigenvalue weighted by Gasteiger charge is -2.11. The highest BCUT2D eigenvalue weighted by Gasteiger charge is 2.16. The molecule has 0 bridgehead atoms. The van der Waals surface area contributed by atoms with Crippen LogP contribution >= 0.6 is 0 Å². The van der Waals surface area contributed by atoms with E-state index < -0.39 is 0 Å². The van der Waals surface area contributed by atoms with E-state index in [0.717, 1.165) is 10.9 Å². The van der Waals surface area contributed by atoms with Crippen LogP contribution in [0.1, 0.15) is 28.9 Å². The summed E-state index contributed by atoms with van der Waals surface area (Å²) >= 11 is 0. The monoisotopic (exact) mass is 255 g/mol. The third-order valence-corrected chi connectivity index (χ3v) is 3.09. The molecule has 0 saturated heterocycles. The third-order valence-electron chi connectivity index (χ3n) is 3.09. The lowest BCUT2D eigenvalue weighted by atomic mass is 10.1. The number of aromatic nitrogens is 2. The van der Waals surface area contributed by atoms with Gasteiger partial charge in [0.1, 0.15) is 11.8 Å². The maximum absolute atomic E-state index is 12.2. The summed E-state index contributed by atoms with van der Waals surface area (Å²) in [5.74, 6) is -0.154. The fraction of sp³-hybridized carbons (Fsp3) is 0.143. The van der Waals surface area contributed by atoms with Crippen molar-refractivity contribution in [2.24, 2.45) is 0 Å². The van der Waals surface area contributed by atoms with Gasteiger partial charge in [0.05, 0.1) is 17.8 Å². The molecule has 1 amide bonds. The molecule has 1 atom stereocenters. The number of para-hydroxylation sites is 1. The summed E-state index contributed by atoms with van der Waals surface area (Å²) in [6, 6.07) is 7.36. The van der Waals surface area contributed by atoms with Gasteiger partial charge < -0.3 is 9.73 Å². The first-order valence-corrected chi connectivity index (χ1v) is 6.01. The summed E-state index contributed by atoms with van der Waals surface area (Å²) in [6.45, 7) is 1.91. The van der Waals surface area contributed by atoms with Crippen LogP contribution in [0.2, 0.25) is 0 Å². The number of benzene rings is 1. The molecule has 0 spiro atoms. The van der Waals surface area contributed by atoms with Gasteiger partial charge >= 0.3 is 0 Å². The number of furan rings is 1. The number of hydrogen-bond donors (Lipinski definition) is 2. The Morgan fingerprint density at radius 2 is 2.26 bits per heavy atom. The second-order valence-electron chi connectivity index (χ2n) is 4.37. The standard InChI is InChI=1S/C14H13N3O2/c1-9(10-6-15-16-7-10)17-14(18)12-8-19-13-5-3-2-4-11(12)13/h2-9H,1H3,(H,15,16)(H,17,18). The first-order chi connectivity index (χ1) is 9.25. The van der Waals surface area contributed by atoms with E-state index in [9.17, 15) is 4.79 Å². The third kappa shape index (κ3) is 2.10. The highest BCUT2D eigenvalue weighted by molar-refractivity contribution is 6.05. The van der Waals surface area contributed by atoms with E-state index >= 15 is 0 Å². The molecule has 0 fully saturated rings. The van der Waals surface area contributed by atoms with Crippen LogP contribution in [0.3, 0.4) is 0 Å². The van der Waals surface area contributed by atoms with Crippen molar-refractivity contribution in [2.45, 2.75) is 13.0 Å². The molecule has 3 rings (SSSR count). The second kappa shape index (κ2) is 4.61. The molecule has 5 nitrogen and oxygen atoms in total. The van der Waals surface area contributed by atoms with Gasteiger partial charge in [-0.3, -0.25) is 9.89 Å². The molecule has 0 aliphatic heterocycles. The van der Waals surface area contributed by atoms with Crippen molar-refractivity contribution < 1.29 is 9.21 Å². The molecule has 2 N–H and O–H groups in total. The molecule has 1 unspecified atom stereocenters. The minimum absolute atomic E-state index is 0.111. The molecule has 2 heterocycles. The number of H-pyrrole nitrogens is 1. The lowest BCUT2D eigenvalue weighted by Crippen LogP contribution is -2.26. The number of carbonyl (C=O) groups excluding carboxylic acids is 1. The van der Waals surface area contributed by atoms with E-state index in [-0.39, 0.29) is 11.9 Å². The fourth-order valence-corrected chi connectivity index (χ4v) is 2.01. The maximum Gasteiger partial charge on any atom is 0.255 e. The number of amides is 1. The summed E-state index contributed by atoms with van der Waals surface area (Å²) in [5, 5.41) is 10.3. The van der Waals surface area contributed by atoms with Gasteiger partial charge in [-0.05, 0) is 13.0 Å². The van der Waals surface area contributed by atoms with Gasteiger partial charge in [0.25, 0.3) is 5.91 Å². The van der Waals surface area contributed by atoms with Gasteiger partial charge in [-0.25, -0.2) is 0 Å². The maximum atomic E-state index is 12.2. The number of carbonyl (C=O) groups is 1. The van der Waals surface area contributed by atoms with Crippen LogP contribution in [-0.2, 0) is 0 Å². The molecule has 3 aromatic rings. The summed E-state index contributed by atoms with van der Waals surface area (Å²) in [6.07, 6.45) is 4.94. The first kappa shape index (κ1) is 11.5. The summed E-state index contributed by atoms with van der Waals surface area (Å²) < 4.78 is 5.36. The van der Waals surface area contributed by atoms with E-state index in [1.165, 1.54) is 6.26 Å². The minimum atomic E-state index is -0.154. The Hall–Kier alpha value is -2.56. The Kier molecular flexibility index (Phi) is 2.79. The van der Waals surface area contributed by atoms with Crippen molar-refractivity contribution in [2.75, 3.05) is 0 Å². The average Bonchev–Trinajstić information content (AvgIpc) is 3.08. The first-order valence-electron chi connectivity index (χ1n) is 6.01. The van der Waals surface area contributed by atoms with E-state index in [0.29, 0.717) is 11.1 Å². The Morgan fingerprint density at radius 3 is 3.05 bits per heavy atom. The molecule has 0 radical (unpaired) electrons. The minimum Gasteiger partial charge on any atom is -0.463 e. The molecule has 19 heavy (non-hydrogen) atoms. The van der Waals surface area contributed by atoms with Crippen LogP contribution in [-0.4, -0.2) is 16.1 Å². The van der Waals surface area contributed by atoms with Gasteiger partial charge in [0, 0.05) is 17.1 Å². The fourth-order valence-electron chi connectivity index (χ4n) is 2.01. The number of aromatic amines is 1. The summed E-state index contributed by atoms with van der Waals surface area (Å²) in [7, 11) is 0. The van der Waals surface area contributed by atoms with Crippen LogP contribution in [0.25, 0.3) is 11.0 Å². The molecule has 2 aromatic heterocycles. The zero-order valence-electron chi connectivity index (χ0n) is 10.4. The van der Waals surface area contributed by atoms with Crippen molar-refractivity contribution in [3.8, 4) is 0 Å². The zero-order chi connectivity index (χ0) is 13.2. The Balaban J connectivity index is 1.84. The molecular formula is C14H13N3O2. The number of rotatable bonds is 3. The Labute approximate surface area is 109 Å². The highest BCUT2D eigenvalue weighted by Crippen LogP contribution is 2.21. The Bertz CT molecular complexity index is 700. The van der Waals surface area contributed by atoms with E-state index in [4.69, 9.17) is 4.42 Å². The van der Waals surface area contributed by atoms with Crippen LogP contribution in [0.5, 0.6) is 0 Å². The summed E-state index contributed by atoms with van der Waals surface area (Å²) in [4.78, 5) is 12.2. The van der Waals surface area contributed by atoms with Gasteiger partial charge in [-0.15, -0.1) is 0 Å². The SMILES string of the molecule is CC(NC(=O)c1coc2ccccc12)c1cn[nH]c1. The molecule has 0 aliphatic rings. The van der Waals surface area contributed by atoms with Gasteiger partial charge in [0.2, 0.25) is 0 Å². The Morgan fingerprint density at radius 1 is 1.42 bits per heavy atom.